The lowest BCUT2D eigenvalue weighted by Crippen LogP contribution is -2.16. The van der Waals surface area contributed by atoms with Crippen LogP contribution in [0.25, 0.3) is 0 Å². The van der Waals surface area contributed by atoms with Gasteiger partial charge in [0.15, 0.2) is 0 Å². The molecular weight excluding hydrogens is 308 g/mol. The smallest absolute Gasteiger partial charge is 0.255 e. The average Bonchev–Trinajstić information content (AvgIpc) is 3.42. The number of carbonyl (C=O) groups is 2. The van der Waals surface area contributed by atoms with Crippen molar-refractivity contribution >= 4 is 23.3 Å². The van der Waals surface area contributed by atoms with Crippen molar-refractivity contribution in [2.75, 3.05) is 17.2 Å². The number of aromatic nitrogens is 2. The molecule has 0 bridgehead atoms. The molecule has 2 aromatic rings. The minimum absolute atomic E-state index is 0.0500. The van der Waals surface area contributed by atoms with Gasteiger partial charge >= 0.3 is 0 Å². The van der Waals surface area contributed by atoms with Crippen LogP contribution < -0.4 is 15.4 Å². The van der Waals surface area contributed by atoms with Gasteiger partial charge in [0.2, 0.25) is 5.91 Å². The molecule has 1 aliphatic carbocycles. The predicted molar refractivity (Wildman–Crippen MR) is 88.9 cm³/mol. The fourth-order valence-corrected chi connectivity index (χ4v) is 2.17. The summed E-state index contributed by atoms with van der Waals surface area (Å²) < 4.78 is 5.46. The van der Waals surface area contributed by atoms with E-state index in [1.807, 2.05) is 6.92 Å². The molecule has 2 N–H and O–H groups in total. The zero-order chi connectivity index (χ0) is 16.9. The van der Waals surface area contributed by atoms with Crippen molar-refractivity contribution in [1.82, 2.24) is 9.97 Å². The number of nitrogens with one attached hydrogen (secondary N) is 2. The molecule has 3 rings (SSSR count). The predicted octanol–water partition coefficient (Wildman–Crippen LogP) is 2.48. The Morgan fingerprint density at radius 2 is 2.08 bits per heavy atom. The second-order valence-corrected chi connectivity index (χ2v) is 5.45. The van der Waals surface area contributed by atoms with Gasteiger partial charge in [-0.15, -0.1) is 0 Å². The van der Waals surface area contributed by atoms with Crippen LogP contribution in [0.5, 0.6) is 5.75 Å². The summed E-state index contributed by atoms with van der Waals surface area (Å²) in [6, 6.07) is 4.82. The van der Waals surface area contributed by atoms with Gasteiger partial charge in [-0.05, 0) is 31.9 Å². The van der Waals surface area contributed by atoms with Gasteiger partial charge in [0.05, 0.1) is 12.8 Å². The van der Waals surface area contributed by atoms with E-state index in [4.69, 9.17) is 4.74 Å². The van der Waals surface area contributed by atoms with Gasteiger partial charge < -0.3 is 15.4 Å². The van der Waals surface area contributed by atoms with Crippen LogP contribution in [0.1, 0.15) is 30.1 Å². The van der Waals surface area contributed by atoms with Crippen molar-refractivity contribution in [2.45, 2.75) is 19.8 Å². The Morgan fingerprint density at radius 1 is 1.25 bits per heavy atom. The first-order valence-electron chi connectivity index (χ1n) is 7.82. The SMILES string of the molecule is CCOc1ccncc1NC(=O)c1ccnc(NC(=O)C2CC2)c1. The first-order valence-corrected chi connectivity index (χ1v) is 7.82. The highest BCUT2D eigenvalue weighted by Crippen LogP contribution is 2.30. The summed E-state index contributed by atoms with van der Waals surface area (Å²) in [5.74, 6) is 0.626. The molecule has 1 aliphatic rings. The summed E-state index contributed by atoms with van der Waals surface area (Å²) in [5.41, 5.74) is 0.882. The van der Waals surface area contributed by atoms with Crippen LogP contribution in [0.2, 0.25) is 0 Å². The molecule has 0 atom stereocenters. The lowest BCUT2D eigenvalue weighted by atomic mass is 10.2. The number of hydrogen-bond acceptors (Lipinski definition) is 5. The minimum Gasteiger partial charge on any atom is -0.492 e. The van der Waals surface area contributed by atoms with Crippen molar-refractivity contribution in [3.63, 3.8) is 0 Å². The van der Waals surface area contributed by atoms with Crippen LogP contribution >= 0.6 is 0 Å². The molecule has 7 heteroatoms. The first kappa shape index (κ1) is 15.9. The molecular formula is C17H18N4O3. The van der Waals surface area contributed by atoms with Crippen LogP contribution in [-0.2, 0) is 4.79 Å². The Labute approximate surface area is 139 Å². The van der Waals surface area contributed by atoms with Gasteiger partial charge in [0.1, 0.15) is 17.3 Å². The third-order valence-corrected chi connectivity index (χ3v) is 3.55. The maximum Gasteiger partial charge on any atom is 0.255 e. The molecule has 0 aromatic carbocycles. The lowest BCUT2D eigenvalue weighted by Gasteiger charge is -2.11. The summed E-state index contributed by atoms with van der Waals surface area (Å²) in [6.07, 6.45) is 6.43. The van der Waals surface area contributed by atoms with E-state index in [0.717, 1.165) is 12.8 Å². The Bertz CT molecular complexity index is 759. The van der Waals surface area contributed by atoms with Crippen LogP contribution in [-0.4, -0.2) is 28.4 Å². The molecule has 1 fully saturated rings. The highest BCUT2D eigenvalue weighted by atomic mass is 16.5. The fourth-order valence-electron chi connectivity index (χ4n) is 2.17. The number of carbonyl (C=O) groups excluding carboxylic acids is 2. The minimum atomic E-state index is -0.326. The fraction of sp³-hybridized carbons (Fsp3) is 0.294. The summed E-state index contributed by atoms with van der Waals surface area (Å²) in [7, 11) is 0. The Morgan fingerprint density at radius 3 is 2.83 bits per heavy atom. The van der Waals surface area contributed by atoms with Crippen LogP contribution in [0.15, 0.2) is 36.8 Å². The van der Waals surface area contributed by atoms with Crippen molar-refractivity contribution in [3.05, 3.63) is 42.4 Å². The van der Waals surface area contributed by atoms with Gasteiger partial charge in [-0.3, -0.25) is 14.6 Å². The maximum absolute atomic E-state index is 12.4. The topological polar surface area (TPSA) is 93.2 Å². The maximum atomic E-state index is 12.4. The third-order valence-electron chi connectivity index (χ3n) is 3.55. The Balaban J connectivity index is 1.72. The van der Waals surface area contributed by atoms with Gasteiger partial charge in [-0.25, -0.2) is 4.98 Å². The van der Waals surface area contributed by atoms with Crippen molar-refractivity contribution in [2.24, 2.45) is 5.92 Å². The Hall–Kier alpha value is -2.96. The van der Waals surface area contributed by atoms with E-state index < -0.39 is 0 Å². The molecule has 124 valence electrons. The zero-order valence-corrected chi connectivity index (χ0v) is 13.3. The monoisotopic (exact) mass is 326 g/mol. The van der Waals surface area contributed by atoms with Crippen LogP contribution in [0.4, 0.5) is 11.5 Å². The second kappa shape index (κ2) is 7.08. The molecule has 0 unspecified atom stereocenters. The molecule has 2 amide bonds. The lowest BCUT2D eigenvalue weighted by molar-refractivity contribution is -0.117. The van der Waals surface area contributed by atoms with E-state index in [9.17, 15) is 9.59 Å². The molecule has 2 aromatic heterocycles. The summed E-state index contributed by atoms with van der Waals surface area (Å²) in [4.78, 5) is 32.3. The average molecular weight is 326 g/mol. The molecule has 24 heavy (non-hydrogen) atoms. The largest absolute Gasteiger partial charge is 0.492 e. The molecule has 0 aliphatic heterocycles. The number of anilines is 2. The van der Waals surface area contributed by atoms with E-state index in [2.05, 4.69) is 20.6 Å². The second-order valence-electron chi connectivity index (χ2n) is 5.45. The van der Waals surface area contributed by atoms with Crippen LogP contribution in [0.3, 0.4) is 0 Å². The number of ether oxygens (including phenoxy) is 1. The number of pyridine rings is 2. The van der Waals surface area contributed by atoms with E-state index in [-0.39, 0.29) is 17.7 Å². The highest BCUT2D eigenvalue weighted by molar-refractivity contribution is 6.05. The van der Waals surface area contributed by atoms with Gasteiger partial charge in [-0.2, -0.15) is 0 Å². The molecule has 0 spiro atoms. The van der Waals surface area contributed by atoms with Crippen LogP contribution in [0, 0.1) is 5.92 Å². The van der Waals surface area contributed by atoms with Crippen molar-refractivity contribution in [3.8, 4) is 5.75 Å². The summed E-state index contributed by atoms with van der Waals surface area (Å²) >= 11 is 0. The molecule has 0 saturated heterocycles. The summed E-state index contributed by atoms with van der Waals surface area (Å²) in [6.45, 7) is 2.35. The summed E-state index contributed by atoms with van der Waals surface area (Å²) in [5, 5.41) is 5.49. The van der Waals surface area contributed by atoms with Gasteiger partial charge in [-0.1, -0.05) is 0 Å². The van der Waals surface area contributed by atoms with E-state index >= 15 is 0 Å². The highest BCUT2D eigenvalue weighted by Gasteiger charge is 2.29. The third kappa shape index (κ3) is 3.87. The first-order chi connectivity index (χ1) is 11.7. The number of hydrogen-bond donors (Lipinski definition) is 2. The molecule has 2 heterocycles. The quantitative estimate of drug-likeness (QED) is 0.850. The van der Waals surface area contributed by atoms with Crippen molar-refractivity contribution in [1.29, 1.82) is 0 Å². The molecule has 7 nitrogen and oxygen atoms in total. The van der Waals surface area contributed by atoms with Gasteiger partial charge in [0, 0.05) is 29.9 Å². The van der Waals surface area contributed by atoms with Gasteiger partial charge in [0.25, 0.3) is 5.91 Å². The number of amides is 2. The van der Waals surface area contributed by atoms with E-state index in [1.54, 1.807) is 24.4 Å². The Kier molecular flexibility index (Phi) is 4.69. The van der Waals surface area contributed by atoms with Crippen molar-refractivity contribution < 1.29 is 14.3 Å². The molecule has 0 radical (unpaired) electrons. The normalized spacial score (nSPS) is 13.2. The number of nitrogens with zero attached hydrogens (tertiary/aromatic N) is 2. The zero-order valence-electron chi connectivity index (χ0n) is 13.3. The standard InChI is InChI=1S/C17H18N4O3/c1-2-24-14-6-7-18-10-13(14)20-17(23)12-5-8-19-15(9-12)21-16(22)11-3-4-11/h5-11H,2-4H2,1H3,(H,20,23)(H,19,21,22). The number of rotatable bonds is 6. The van der Waals surface area contributed by atoms with E-state index in [1.165, 1.54) is 12.4 Å². The van der Waals surface area contributed by atoms with E-state index in [0.29, 0.717) is 29.4 Å². The molecule has 1 saturated carbocycles.